The highest BCUT2D eigenvalue weighted by atomic mass is 35.5. The van der Waals surface area contributed by atoms with E-state index in [1.807, 2.05) is 24.3 Å². The molecule has 126 valence electrons. The molecule has 2 rings (SSSR count). The van der Waals surface area contributed by atoms with E-state index in [2.05, 4.69) is 17.5 Å². The van der Waals surface area contributed by atoms with Gasteiger partial charge in [0.15, 0.2) is 0 Å². The number of nitrogens with one attached hydrogen (secondary N) is 1. The summed E-state index contributed by atoms with van der Waals surface area (Å²) in [7, 11) is 0. The number of nitrogens with zero attached hydrogens (tertiary/aromatic N) is 1. The third kappa shape index (κ3) is 6.05. The fraction of sp³-hybridized carbons (Fsp3) is 0.263. The molecule has 1 N–H and O–H groups in total. The third-order valence-corrected chi connectivity index (χ3v) is 3.63. The number of unbranched alkanes of at least 4 members (excludes halogenated alkanes) is 2. The lowest BCUT2D eigenvalue weighted by molar-refractivity contribution is 0.0955. The topological polar surface area (TPSA) is 50.7 Å². The highest BCUT2D eigenvalue weighted by Gasteiger charge is 2.03. The molecule has 0 radical (unpaired) electrons. The maximum absolute atomic E-state index is 11.9. The second-order valence-electron chi connectivity index (χ2n) is 5.33. The lowest BCUT2D eigenvalue weighted by atomic mass is 10.2. The van der Waals surface area contributed by atoms with E-state index >= 15 is 0 Å². The smallest absolute Gasteiger partial charge is 0.271 e. The van der Waals surface area contributed by atoms with E-state index < -0.39 is 0 Å². The molecule has 1 amide bonds. The fourth-order valence-electron chi connectivity index (χ4n) is 2.02. The zero-order valence-electron chi connectivity index (χ0n) is 13.7. The first-order chi connectivity index (χ1) is 11.7. The number of hydrazone groups is 1. The zero-order chi connectivity index (χ0) is 17.2. The van der Waals surface area contributed by atoms with Crippen molar-refractivity contribution in [2.24, 2.45) is 5.10 Å². The van der Waals surface area contributed by atoms with Crippen LogP contribution in [0.3, 0.4) is 0 Å². The van der Waals surface area contributed by atoms with E-state index in [4.69, 9.17) is 16.3 Å². The summed E-state index contributed by atoms with van der Waals surface area (Å²) in [5, 5.41) is 4.55. The summed E-state index contributed by atoms with van der Waals surface area (Å²) in [6.07, 6.45) is 5.02. The summed E-state index contributed by atoms with van der Waals surface area (Å²) >= 11 is 5.79. The average Bonchev–Trinajstić information content (AvgIpc) is 2.60. The molecular formula is C19H21ClN2O2. The van der Waals surface area contributed by atoms with Crippen LogP contribution in [0.1, 0.15) is 42.1 Å². The summed E-state index contributed by atoms with van der Waals surface area (Å²) in [5.41, 5.74) is 3.87. The van der Waals surface area contributed by atoms with Crippen LogP contribution in [0, 0.1) is 0 Å². The molecule has 24 heavy (non-hydrogen) atoms. The molecule has 2 aromatic carbocycles. The number of carbonyl (C=O) groups is 1. The molecule has 0 saturated heterocycles. The molecule has 5 heteroatoms. The molecular weight excluding hydrogens is 324 g/mol. The Morgan fingerprint density at radius 3 is 2.50 bits per heavy atom. The Labute approximate surface area is 147 Å². The van der Waals surface area contributed by atoms with Crippen LogP contribution in [0.2, 0.25) is 5.02 Å². The number of amides is 1. The molecule has 0 aliphatic heterocycles. The molecule has 0 fully saturated rings. The van der Waals surface area contributed by atoms with Gasteiger partial charge in [-0.15, -0.1) is 0 Å². The standard InChI is InChI=1S/C19H21ClN2O2/c1-2-3-4-13-24-18-11-5-15(6-12-18)14-21-22-19(23)16-7-9-17(20)10-8-16/h5-12,14H,2-4,13H2,1H3,(H,22,23)/b21-14-. The van der Waals surface area contributed by atoms with E-state index in [0.717, 1.165) is 24.3 Å². The van der Waals surface area contributed by atoms with E-state index in [-0.39, 0.29) is 5.91 Å². The van der Waals surface area contributed by atoms with Gasteiger partial charge in [-0.1, -0.05) is 31.4 Å². The SMILES string of the molecule is CCCCCOc1ccc(/C=N\NC(=O)c2ccc(Cl)cc2)cc1. The first-order valence-electron chi connectivity index (χ1n) is 8.01. The van der Waals surface area contributed by atoms with Gasteiger partial charge in [0.1, 0.15) is 5.75 Å². The quantitative estimate of drug-likeness (QED) is 0.429. The summed E-state index contributed by atoms with van der Waals surface area (Å²) in [5.74, 6) is 0.562. The Morgan fingerprint density at radius 1 is 1.12 bits per heavy atom. The Hall–Kier alpha value is -2.33. The Balaban J connectivity index is 1.81. The predicted octanol–water partition coefficient (Wildman–Crippen LogP) is 4.67. The van der Waals surface area contributed by atoms with Gasteiger partial charge in [-0.3, -0.25) is 4.79 Å². The average molecular weight is 345 g/mol. The van der Waals surface area contributed by atoms with Gasteiger partial charge < -0.3 is 4.74 Å². The van der Waals surface area contributed by atoms with Crippen molar-refractivity contribution >= 4 is 23.7 Å². The molecule has 4 nitrogen and oxygen atoms in total. The Morgan fingerprint density at radius 2 is 1.83 bits per heavy atom. The van der Waals surface area contributed by atoms with Gasteiger partial charge in [-0.25, -0.2) is 5.43 Å². The van der Waals surface area contributed by atoms with Crippen molar-refractivity contribution in [2.45, 2.75) is 26.2 Å². The van der Waals surface area contributed by atoms with Crippen molar-refractivity contribution in [1.82, 2.24) is 5.43 Å². The lowest BCUT2D eigenvalue weighted by Gasteiger charge is -2.05. The van der Waals surface area contributed by atoms with Crippen molar-refractivity contribution in [3.63, 3.8) is 0 Å². The second-order valence-corrected chi connectivity index (χ2v) is 5.77. The van der Waals surface area contributed by atoms with Crippen LogP contribution in [0.25, 0.3) is 0 Å². The van der Waals surface area contributed by atoms with Gasteiger partial charge >= 0.3 is 0 Å². The van der Waals surface area contributed by atoms with Crippen LogP contribution in [-0.2, 0) is 0 Å². The van der Waals surface area contributed by atoms with Crippen LogP contribution < -0.4 is 10.2 Å². The summed E-state index contributed by atoms with van der Waals surface area (Å²) in [4.78, 5) is 11.9. The maximum Gasteiger partial charge on any atom is 0.271 e. The summed E-state index contributed by atoms with van der Waals surface area (Å²) in [6.45, 7) is 2.90. The van der Waals surface area contributed by atoms with E-state index in [0.29, 0.717) is 10.6 Å². The van der Waals surface area contributed by atoms with Gasteiger partial charge in [0, 0.05) is 10.6 Å². The van der Waals surface area contributed by atoms with Crippen LogP contribution >= 0.6 is 11.6 Å². The van der Waals surface area contributed by atoms with Crippen molar-refractivity contribution < 1.29 is 9.53 Å². The highest BCUT2D eigenvalue weighted by Crippen LogP contribution is 2.12. The van der Waals surface area contributed by atoms with Gasteiger partial charge in [-0.05, 0) is 60.5 Å². The first-order valence-corrected chi connectivity index (χ1v) is 8.38. The molecule has 0 atom stereocenters. The van der Waals surface area contributed by atoms with E-state index in [1.165, 1.54) is 12.8 Å². The highest BCUT2D eigenvalue weighted by molar-refractivity contribution is 6.30. The minimum absolute atomic E-state index is 0.279. The maximum atomic E-state index is 11.9. The minimum atomic E-state index is -0.279. The molecule has 2 aromatic rings. The summed E-state index contributed by atoms with van der Waals surface area (Å²) < 4.78 is 5.65. The second kappa shape index (κ2) is 9.73. The summed E-state index contributed by atoms with van der Waals surface area (Å²) in [6, 6.07) is 14.2. The number of hydrogen-bond acceptors (Lipinski definition) is 3. The number of halogens is 1. The Kier molecular flexibility index (Phi) is 7.30. The molecule has 0 unspecified atom stereocenters. The van der Waals surface area contributed by atoms with Gasteiger partial charge in [0.25, 0.3) is 5.91 Å². The van der Waals surface area contributed by atoms with Gasteiger partial charge in [-0.2, -0.15) is 5.10 Å². The molecule has 0 aliphatic carbocycles. The molecule has 0 heterocycles. The largest absolute Gasteiger partial charge is 0.494 e. The van der Waals surface area contributed by atoms with Crippen LogP contribution in [0.4, 0.5) is 0 Å². The van der Waals surface area contributed by atoms with Crippen LogP contribution in [0.15, 0.2) is 53.6 Å². The molecule has 0 saturated carbocycles. The minimum Gasteiger partial charge on any atom is -0.494 e. The van der Waals surface area contributed by atoms with E-state index in [1.54, 1.807) is 30.5 Å². The molecule has 0 aromatic heterocycles. The van der Waals surface area contributed by atoms with E-state index in [9.17, 15) is 4.79 Å². The fourth-order valence-corrected chi connectivity index (χ4v) is 2.15. The van der Waals surface area contributed by atoms with Crippen LogP contribution in [-0.4, -0.2) is 18.7 Å². The van der Waals surface area contributed by atoms with Crippen molar-refractivity contribution in [2.75, 3.05) is 6.61 Å². The normalized spacial score (nSPS) is 10.8. The van der Waals surface area contributed by atoms with Gasteiger partial charge in [0.2, 0.25) is 0 Å². The van der Waals surface area contributed by atoms with Crippen molar-refractivity contribution in [3.05, 3.63) is 64.7 Å². The predicted molar refractivity (Wildman–Crippen MR) is 98.0 cm³/mol. The first kappa shape index (κ1) is 18.0. The number of ether oxygens (including phenoxy) is 1. The molecule has 0 bridgehead atoms. The third-order valence-electron chi connectivity index (χ3n) is 3.38. The number of carbonyl (C=O) groups excluding carboxylic acids is 1. The molecule has 0 spiro atoms. The zero-order valence-corrected chi connectivity index (χ0v) is 14.4. The monoisotopic (exact) mass is 344 g/mol. The van der Waals surface area contributed by atoms with Gasteiger partial charge in [0.05, 0.1) is 12.8 Å². The lowest BCUT2D eigenvalue weighted by Crippen LogP contribution is -2.17. The van der Waals surface area contributed by atoms with Crippen molar-refractivity contribution in [1.29, 1.82) is 0 Å². The number of hydrogen-bond donors (Lipinski definition) is 1. The van der Waals surface area contributed by atoms with Crippen LogP contribution in [0.5, 0.6) is 5.75 Å². The number of rotatable bonds is 8. The number of benzene rings is 2. The van der Waals surface area contributed by atoms with Crippen molar-refractivity contribution in [3.8, 4) is 5.75 Å². The Bertz CT molecular complexity index is 667. The molecule has 0 aliphatic rings.